The maximum atomic E-state index is 10.5. The van der Waals surface area contributed by atoms with Gasteiger partial charge in [-0.1, -0.05) is 57.6 Å². The predicted molar refractivity (Wildman–Crippen MR) is 79.4 cm³/mol. The highest BCUT2D eigenvalue weighted by Crippen LogP contribution is 2.08. The van der Waals surface area contributed by atoms with Crippen LogP contribution < -0.4 is 5.73 Å². The number of allylic oxidation sites excluding steroid dienone is 2. The van der Waals surface area contributed by atoms with E-state index in [1.165, 1.54) is 57.8 Å². The Balaban J connectivity index is 3.06. The number of hydrogen-bond donors (Lipinski definition) is 1. The summed E-state index contributed by atoms with van der Waals surface area (Å²) >= 11 is 0. The summed E-state index contributed by atoms with van der Waals surface area (Å²) in [5.41, 5.74) is 5.08. The van der Waals surface area contributed by atoms with E-state index in [0.717, 1.165) is 12.8 Å². The number of hydrogen-bond acceptors (Lipinski definition) is 1. The molecule has 18 heavy (non-hydrogen) atoms. The Morgan fingerprint density at radius 1 is 0.833 bits per heavy atom. The van der Waals surface area contributed by atoms with Crippen molar-refractivity contribution in [2.45, 2.75) is 84.0 Å². The standard InChI is InChI=1S/C16H31NO/c1-2-3-4-5-6-7-8-9-10-11-12-13-14-15-16(17)18/h7-8H,2-6,9-15H2,1H3,(H2,17,18)/b8-7+. The third-order valence-corrected chi connectivity index (χ3v) is 3.18. The molecule has 0 bridgehead atoms. The van der Waals surface area contributed by atoms with Crippen LogP contribution in [0.5, 0.6) is 0 Å². The van der Waals surface area contributed by atoms with Gasteiger partial charge in [0.1, 0.15) is 0 Å². The van der Waals surface area contributed by atoms with E-state index in [4.69, 9.17) is 5.73 Å². The fourth-order valence-electron chi connectivity index (χ4n) is 2.02. The van der Waals surface area contributed by atoms with Crippen LogP contribution in [0.3, 0.4) is 0 Å². The summed E-state index contributed by atoms with van der Waals surface area (Å²) in [6, 6.07) is 0. The molecular formula is C16H31NO. The van der Waals surface area contributed by atoms with Gasteiger partial charge in [-0.05, 0) is 32.1 Å². The summed E-state index contributed by atoms with van der Waals surface area (Å²) in [5, 5.41) is 0. The molecule has 2 N–H and O–H groups in total. The minimum absolute atomic E-state index is 0.166. The molecule has 0 saturated heterocycles. The van der Waals surface area contributed by atoms with Crippen molar-refractivity contribution in [3.05, 3.63) is 12.2 Å². The van der Waals surface area contributed by atoms with Crippen LogP contribution in [0.2, 0.25) is 0 Å². The second kappa shape index (κ2) is 14.3. The quantitative estimate of drug-likeness (QED) is 0.374. The maximum Gasteiger partial charge on any atom is 0.217 e. The van der Waals surface area contributed by atoms with Crippen LogP contribution in [0.25, 0.3) is 0 Å². The van der Waals surface area contributed by atoms with Crippen molar-refractivity contribution in [2.24, 2.45) is 5.73 Å². The summed E-state index contributed by atoms with van der Waals surface area (Å²) in [6.45, 7) is 2.25. The molecule has 0 aliphatic heterocycles. The molecule has 0 radical (unpaired) electrons. The molecule has 106 valence electrons. The second-order valence-corrected chi connectivity index (χ2v) is 5.09. The largest absolute Gasteiger partial charge is 0.370 e. The van der Waals surface area contributed by atoms with E-state index in [1.54, 1.807) is 0 Å². The van der Waals surface area contributed by atoms with Crippen molar-refractivity contribution in [2.75, 3.05) is 0 Å². The lowest BCUT2D eigenvalue weighted by molar-refractivity contribution is -0.118. The molecule has 0 aliphatic carbocycles. The number of nitrogens with two attached hydrogens (primary N) is 1. The molecule has 0 atom stereocenters. The number of unbranched alkanes of at least 4 members (excludes halogenated alkanes) is 9. The lowest BCUT2D eigenvalue weighted by Gasteiger charge is -1.98. The highest BCUT2D eigenvalue weighted by Gasteiger charge is 1.94. The van der Waals surface area contributed by atoms with Gasteiger partial charge >= 0.3 is 0 Å². The summed E-state index contributed by atoms with van der Waals surface area (Å²) in [7, 11) is 0. The van der Waals surface area contributed by atoms with Gasteiger partial charge in [0.2, 0.25) is 5.91 Å². The Labute approximate surface area is 113 Å². The average molecular weight is 253 g/mol. The lowest BCUT2D eigenvalue weighted by Crippen LogP contribution is -2.09. The maximum absolute atomic E-state index is 10.5. The first-order valence-corrected chi connectivity index (χ1v) is 7.70. The van der Waals surface area contributed by atoms with Gasteiger partial charge < -0.3 is 5.73 Å². The Morgan fingerprint density at radius 3 is 1.89 bits per heavy atom. The molecule has 0 aromatic rings. The van der Waals surface area contributed by atoms with Crippen molar-refractivity contribution in [1.82, 2.24) is 0 Å². The molecular weight excluding hydrogens is 222 g/mol. The smallest absolute Gasteiger partial charge is 0.217 e. The molecule has 0 heterocycles. The van der Waals surface area contributed by atoms with E-state index in [-0.39, 0.29) is 5.91 Å². The molecule has 0 aromatic heterocycles. The van der Waals surface area contributed by atoms with E-state index in [9.17, 15) is 4.79 Å². The van der Waals surface area contributed by atoms with Crippen LogP contribution >= 0.6 is 0 Å². The first-order valence-electron chi connectivity index (χ1n) is 7.70. The van der Waals surface area contributed by atoms with Gasteiger partial charge in [0.15, 0.2) is 0 Å². The van der Waals surface area contributed by atoms with Gasteiger partial charge in [0, 0.05) is 6.42 Å². The van der Waals surface area contributed by atoms with Gasteiger partial charge in [-0.3, -0.25) is 4.79 Å². The first-order chi connectivity index (χ1) is 8.77. The van der Waals surface area contributed by atoms with Crippen LogP contribution in [0, 0.1) is 0 Å². The van der Waals surface area contributed by atoms with Crippen molar-refractivity contribution >= 4 is 5.91 Å². The first kappa shape index (κ1) is 17.2. The fraction of sp³-hybridized carbons (Fsp3) is 0.812. The molecule has 0 fully saturated rings. The highest BCUT2D eigenvalue weighted by molar-refractivity contribution is 5.73. The van der Waals surface area contributed by atoms with Crippen LogP contribution in [-0.4, -0.2) is 5.91 Å². The topological polar surface area (TPSA) is 43.1 Å². The van der Waals surface area contributed by atoms with Crippen LogP contribution in [0.15, 0.2) is 12.2 Å². The number of rotatable bonds is 13. The number of carbonyl (C=O) groups is 1. The van der Waals surface area contributed by atoms with Gasteiger partial charge in [-0.15, -0.1) is 0 Å². The molecule has 2 heteroatoms. The van der Waals surface area contributed by atoms with Gasteiger partial charge in [0.25, 0.3) is 0 Å². The SMILES string of the molecule is CCCCCC/C=C/CCCCCCCC(N)=O. The Kier molecular flexibility index (Phi) is 13.6. The van der Waals surface area contributed by atoms with Crippen LogP contribution in [0.4, 0.5) is 0 Å². The summed E-state index contributed by atoms with van der Waals surface area (Å²) in [6.07, 6.45) is 19.0. The van der Waals surface area contributed by atoms with Crippen molar-refractivity contribution < 1.29 is 4.79 Å². The molecule has 0 spiro atoms. The minimum atomic E-state index is -0.166. The van der Waals surface area contributed by atoms with Gasteiger partial charge in [0.05, 0.1) is 0 Å². The molecule has 0 rings (SSSR count). The average Bonchev–Trinajstić information content (AvgIpc) is 2.34. The molecule has 0 unspecified atom stereocenters. The second-order valence-electron chi connectivity index (χ2n) is 5.09. The Morgan fingerprint density at radius 2 is 1.33 bits per heavy atom. The minimum Gasteiger partial charge on any atom is -0.370 e. The molecule has 1 amide bonds. The van der Waals surface area contributed by atoms with E-state index in [0.29, 0.717) is 6.42 Å². The zero-order valence-corrected chi connectivity index (χ0v) is 12.1. The van der Waals surface area contributed by atoms with Crippen molar-refractivity contribution in [3.63, 3.8) is 0 Å². The molecule has 2 nitrogen and oxygen atoms in total. The number of carbonyl (C=O) groups excluding carboxylic acids is 1. The molecule has 0 saturated carbocycles. The Bertz CT molecular complexity index is 211. The number of amides is 1. The third-order valence-electron chi connectivity index (χ3n) is 3.18. The zero-order valence-electron chi connectivity index (χ0n) is 12.1. The third kappa shape index (κ3) is 15.2. The zero-order chi connectivity index (χ0) is 13.5. The Hall–Kier alpha value is -0.790. The van der Waals surface area contributed by atoms with E-state index < -0.39 is 0 Å². The number of primary amides is 1. The lowest BCUT2D eigenvalue weighted by atomic mass is 10.1. The summed E-state index contributed by atoms with van der Waals surface area (Å²) in [4.78, 5) is 10.5. The van der Waals surface area contributed by atoms with Gasteiger partial charge in [-0.2, -0.15) is 0 Å². The van der Waals surface area contributed by atoms with E-state index in [2.05, 4.69) is 19.1 Å². The summed E-state index contributed by atoms with van der Waals surface area (Å²) < 4.78 is 0. The highest BCUT2D eigenvalue weighted by atomic mass is 16.1. The monoisotopic (exact) mass is 253 g/mol. The normalized spacial score (nSPS) is 11.2. The van der Waals surface area contributed by atoms with E-state index in [1.807, 2.05) is 0 Å². The van der Waals surface area contributed by atoms with Crippen molar-refractivity contribution in [1.29, 1.82) is 0 Å². The summed E-state index contributed by atoms with van der Waals surface area (Å²) in [5.74, 6) is -0.166. The van der Waals surface area contributed by atoms with Crippen LogP contribution in [0.1, 0.15) is 84.0 Å². The van der Waals surface area contributed by atoms with Crippen LogP contribution in [-0.2, 0) is 4.79 Å². The van der Waals surface area contributed by atoms with Crippen molar-refractivity contribution in [3.8, 4) is 0 Å². The fourth-order valence-corrected chi connectivity index (χ4v) is 2.02. The molecule has 0 aromatic carbocycles. The molecule has 0 aliphatic rings. The van der Waals surface area contributed by atoms with E-state index >= 15 is 0 Å². The predicted octanol–water partition coefficient (Wildman–Crippen LogP) is 4.73. The van der Waals surface area contributed by atoms with Gasteiger partial charge in [-0.25, -0.2) is 0 Å².